The molecule has 0 heterocycles. The number of carbonyl (C=O) groups is 1. The van der Waals surface area contributed by atoms with Gasteiger partial charge in [0.15, 0.2) is 0 Å². The van der Waals surface area contributed by atoms with E-state index in [9.17, 15) is 4.79 Å². The molecule has 0 spiro atoms. The van der Waals surface area contributed by atoms with Gasteiger partial charge in [0.25, 0.3) is 5.91 Å². The van der Waals surface area contributed by atoms with Gasteiger partial charge in [0.1, 0.15) is 0 Å². The largest absolute Gasteiger partial charge is 0.349 e. The second kappa shape index (κ2) is 5.53. The van der Waals surface area contributed by atoms with E-state index in [2.05, 4.69) is 44.1 Å². The first-order chi connectivity index (χ1) is 8.06. The van der Waals surface area contributed by atoms with Crippen LogP contribution in [0.3, 0.4) is 0 Å². The summed E-state index contributed by atoms with van der Waals surface area (Å²) >= 11 is 6.79. The maximum Gasteiger partial charge on any atom is 0.251 e. The van der Waals surface area contributed by atoms with Gasteiger partial charge in [-0.25, -0.2) is 0 Å². The zero-order valence-electron chi connectivity index (χ0n) is 9.67. The van der Waals surface area contributed by atoms with Crippen molar-refractivity contribution < 1.29 is 4.79 Å². The van der Waals surface area contributed by atoms with Crippen LogP contribution in [0.4, 0.5) is 0 Å². The molecule has 1 fully saturated rings. The maximum atomic E-state index is 12.1. The van der Waals surface area contributed by atoms with Crippen molar-refractivity contribution >= 4 is 37.8 Å². The van der Waals surface area contributed by atoms with E-state index in [1.54, 1.807) is 0 Å². The van der Waals surface area contributed by atoms with Crippen molar-refractivity contribution in [1.82, 2.24) is 5.32 Å². The minimum absolute atomic E-state index is 0.0192. The van der Waals surface area contributed by atoms with Crippen molar-refractivity contribution in [2.45, 2.75) is 32.2 Å². The van der Waals surface area contributed by atoms with Gasteiger partial charge in [-0.3, -0.25) is 4.79 Å². The summed E-state index contributed by atoms with van der Waals surface area (Å²) in [4.78, 5) is 12.1. The highest BCUT2D eigenvalue weighted by Crippen LogP contribution is 2.26. The number of amides is 1. The lowest BCUT2D eigenvalue weighted by Gasteiger charge is -2.17. The van der Waals surface area contributed by atoms with Crippen LogP contribution >= 0.6 is 31.9 Å². The third-order valence-corrected chi connectivity index (χ3v) is 4.22. The molecule has 4 heteroatoms. The number of benzene rings is 1. The summed E-state index contributed by atoms with van der Waals surface area (Å²) in [6.07, 6.45) is 3.53. The molecule has 92 valence electrons. The highest BCUT2D eigenvalue weighted by molar-refractivity contribution is 9.11. The Hall–Kier alpha value is -0.350. The number of hydrogen-bond donors (Lipinski definition) is 1. The minimum atomic E-state index is 0.0192. The van der Waals surface area contributed by atoms with Crippen molar-refractivity contribution in [2.75, 3.05) is 0 Å². The third kappa shape index (κ3) is 3.32. The number of halogens is 2. The van der Waals surface area contributed by atoms with Crippen molar-refractivity contribution in [3.8, 4) is 0 Å². The second-order valence-electron chi connectivity index (χ2n) is 4.65. The van der Waals surface area contributed by atoms with Crippen molar-refractivity contribution in [2.24, 2.45) is 5.92 Å². The molecule has 0 radical (unpaired) electrons. The van der Waals surface area contributed by atoms with Gasteiger partial charge in [-0.05, 0) is 37.0 Å². The first kappa shape index (κ1) is 13.1. The Bertz CT molecular complexity index is 413. The average Bonchev–Trinajstić information content (AvgIpc) is 2.63. The van der Waals surface area contributed by atoms with Crippen LogP contribution in [-0.4, -0.2) is 11.9 Å². The van der Waals surface area contributed by atoms with Crippen LogP contribution in [0.2, 0.25) is 0 Å². The molecule has 0 saturated heterocycles. The Morgan fingerprint density at radius 2 is 1.88 bits per heavy atom. The molecular formula is C13H15Br2NO. The number of carbonyl (C=O) groups excluding carboxylic acids is 1. The Balaban J connectivity index is 2.09. The molecule has 1 amide bonds. The Kier molecular flexibility index (Phi) is 4.26. The van der Waals surface area contributed by atoms with E-state index in [0.717, 1.165) is 15.4 Å². The Morgan fingerprint density at radius 3 is 2.41 bits per heavy atom. The molecular weight excluding hydrogens is 346 g/mol. The summed E-state index contributed by atoms with van der Waals surface area (Å²) in [5, 5.41) is 3.12. The molecule has 2 atom stereocenters. The quantitative estimate of drug-likeness (QED) is 0.844. The van der Waals surface area contributed by atoms with Gasteiger partial charge in [-0.2, -0.15) is 0 Å². The predicted octanol–water partition coefficient (Wildman–Crippen LogP) is 4.13. The molecule has 1 aromatic carbocycles. The fraction of sp³-hybridized carbons (Fsp3) is 0.462. The lowest BCUT2D eigenvalue weighted by molar-refractivity contribution is 0.0929. The van der Waals surface area contributed by atoms with Gasteiger partial charge >= 0.3 is 0 Å². The number of nitrogens with one attached hydrogen (secondary N) is 1. The normalized spacial score (nSPS) is 23.7. The summed E-state index contributed by atoms with van der Waals surface area (Å²) < 4.78 is 1.83. The van der Waals surface area contributed by atoms with E-state index in [4.69, 9.17) is 0 Å². The molecule has 0 aromatic heterocycles. The molecule has 1 aromatic rings. The highest BCUT2D eigenvalue weighted by atomic mass is 79.9. The van der Waals surface area contributed by atoms with Crippen LogP contribution in [0.25, 0.3) is 0 Å². The molecule has 2 rings (SSSR count). The number of hydrogen-bond acceptors (Lipinski definition) is 1. The molecule has 1 N–H and O–H groups in total. The molecule has 0 bridgehead atoms. The third-order valence-electron chi connectivity index (χ3n) is 3.30. The minimum Gasteiger partial charge on any atom is -0.349 e. The molecule has 2 nitrogen and oxygen atoms in total. The van der Waals surface area contributed by atoms with E-state index in [1.165, 1.54) is 12.8 Å². The topological polar surface area (TPSA) is 29.1 Å². The maximum absolute atomic E-state index is 12.1. The summed E-state index contributed by atoms with van der Waals surface area (Å²) in [6, 6.07) is 5.95. The summed E-state index contributed by atoms with van der Waals surface area (Å²) in [5.41, 5.74) is 0.699. The monoisotopic (exact) mass is 359 g/mol. The van der Waals surface area contributed by atoms with E-state index in [1.807, 2.05) is 18.2 Å². The fourth-order valence-electron chi connectivity index (χ4n) is 2.30. The summed E-state index contributed by atoms with van der Waals surface area (Å²) in [5.74, 6) is 0.611. The first-order valence-corrected chi connectivity index (χ1v) is 7.42. The van der Waals surface area contributed by atoms with Crippen LogP contribution in [0.1, 0.15) is 36.5 Å². The van der Waals surface area contributed by atoms with E-state index >= 15 is 0 Å². The second-order valence-corrected chi connectivity index (χ2v) is 6.48. The molecule has 2 unspecified atom stereocenters. The van der Waals surface area contributed by atoms with Gasteiger partial charge < -0.3 is 5.32 Å². The van der Waals surface area contributed by atoms with Crippen molar-refractivity contribution in [3.63, 3.8) is 0 Å². The zero-order chi connectivity index (χ0) is 12.4. The smallest absolute Gasteiger partial charge is 0.251 e. The average molecular weight is 361 g/mol. The summed E-state index contributed by atoms with van der Waals surface area (Å²) in [6.45, 7) is 2.20. The highest BCUT2D eigenvalue weighted by Gasteiger charge is 2.25. The standard InChI is InChI=1S/C13H15Br2NO/c1-8-3-2-4-12(8)16-13(17)9-5-10(14)7-11(15)6-9/h5-8,12H,2-4H2,1H3,(H,16,17). The zero-order valence-corrected chi connectivity index (χ0v) is 12.8. The number of rotatable bonds is 2. The molecule has 17 heavy (non-hydrogen) atoms. The lowest BCUT2D eigenvalue weighted by atomic mass is 10.1. The van der Waals surface area contributed by atoms with Gasteiger partial charge in [-0.1, -0.05) is 45.2 Å². The van der Waals surface area contributed by atoms with Crippen LogP contribution in [0.5, 0.6) is 0 Å². The van der Waals surface area contributed by atoms with Crippen molar-refractivity contribution in [3.05, 3.63) is 32.7 Å². The SMILES string of the molecule is CC1CCCC1NC(=O)c1cc(Br)cc(Br)c1. The molecule has 1 saturated carbocycles. The molecule has 0 aliphatic heterocycles. The van der Waals surface area contributed by atoms with Crippen LogP contribution in [-0.2, 0) is 0 Å². The Morgan fingerprint density at radius 1 is 1.24 bits per heavy atom. The lowest BCUT2D eigenvalue weighted by Crippen LogP contribution is -2.36. The summed E-state index contributed by atoms with van der Waals surface area (Å²) in [7, 11) is 0. The first-order valence-electron chi connectivity index (χ1n) is 5.83. The van der Waals surface area contributed by atoms with E-state index in [-0.39, 0.29) is 5.91 Å². The van der Waals surface area contributed by atoms with Gasteiger partial charge in [-0.15, -0.1) is 0 Å². The predicted molar refractivity (Wildman–Crippen MR) is 76.1 cm³/mol. The molecule has 1 aliphatic rings. The van der Waals surface area contributed by atoms with E-state index in [0.29, 0.717) is 17.5 Å². The van der Waals surface area contributed by atoms with Crippen molar-refractivity contribution in [1.29, 1.82) is 0 Å². The van der Waals surface area contributed by atoms with Gasteiger partial charge in [0.05, 0.1) is 0 Å². The van der Waals surface area contributed by atoms with Gasteiger partial charge in [0, 0.05) is 20.6 Å². The van der Waals surface area contributed by atoms with Crippen LogP contribution in [0, 0.1) is 5.92 Å². The Labute approximate surface area is 118 Å². The van der Waals surface area contributed by atoms with Crippen LogP contribution < -0.4 is 5.32 Å². The molecule has 1 aliphatic carbocycles. The van der Waals surface area contributed by atoms with Gasteiger partial charge in [0.2, 0.25) is 0 Å². The van der Waals surface area contributed by atoms with E-state index < -0.39 is 0 Å². The van der Waals surface area contributed by atoms with Crippen LogP contribution in [0.15, 0.2) is 27.1 Å². The fourth-order valence-corrected chi connectivity index (χ4v) is 3.59.